The van der Waals surface area contributed by atoms with Gasteiger partial charge in [-0.1, -0.05) is 0 Å². The minimum atomic E-state index is 0.758. The first-order valence-corrected chi connectivity index (χ1v) is 5.17. The Balaban J connectivity index is 1.86. The molecule has 2 heterocycles. The van der Waals surface area contributed by atoms with Crippen LogP contribution >= 0.6 is 15.9 Å². The number of anilines is 1. The zero-order valence-electron chi connectivity index (χ0n) is 7.84. The van der Waals surface area contributed by atoms with Gasteiger partial charge in [0.1, 0.15) is 24.8 Å². The number of aromatic nitrogens is 5. The van der Waals surface area contributed by atoms with Crippen molar-refractivity contribution in [1.82, 2.24) is 24.7 Å². The molecule has 6 nitrogen and oxygen atoms in total. The van der Waals surface area contributed by atoms with Crippen molar-refractivity contribution in [2.24, 2.45) is 0 Å². The van der Waals surface area contributed by atoms with E-state index in [0.717, 1.165) is 23.4 Å². The van der Waals surface area contributed by atoms with E-state index >= 15 is 0 Å². The molecule has 2 aromatic rings. The van der Waals surface area contributed by atoms with Crippen LogP contribution in [0.4, 0.5) is 5.82 Å². The number of halogens is 1. The minimum absolute atomic E-state index is 0.758. The van der Waals surface area contributed by atoms with Crippen molar-refractivity contribution in [1.29, 1.82) is 0 Å². The van der Waals surface area contributed by atoms with Crippen LogP contribution in [0.3, 0.4) is 0 Å². The molecule has 7 heteroatoms. The van der Waals surface area contributed by atoms with Gasteiger partial charge in [0.2, 0.25) is 0 Å². The highest BCUT2D eigenvalue weighted by Gasteiger charge is 1.99. The molecule has 0 amide bonds. The first kappa shape index (κ1) is 10.0. The number of nitrogens with zero attached hydrogens (tertiary/aromatic N) is 5. The number of hydrogen-bond acceptors (Lipinski definition) is 5. The third kappa shape index (κ3) is 2.72. The van der Waals surface area contributed by atoms with E-state index in [0.29, 0.717) is 0 Å². The van der Waals surface area contributed by atoms with E-state index in [4.69, 9.17) is 0 Å². The van der Waals surface area contributed by atoms with Gasteiger partial charge in [0.15, 0.2) is 0 Å². The third-order valence-electron chi connectivity index (χ3n) is 1.80. The fourth-order valence-corrected chi connectivity index (χ4v) is 1.44. The molecule has 0 radical (unpaired) electrons. The molecule has 78 valence electrons. The predicted octanol–water partition coefficient (Wildman–Crippen LogP) is 0.943. The Labute approximate surface area is 94.9 Å². The Hall–Kier alpha value is -1.50. The van der Waals surface area contributed by atoms with E-state index in [1.165, 1.54) is 6.33 Å². The Bertz CT molecular complexity index is 415. The smallest absolute Gasteiger partial charge is 0.143 e. The maximum Gasteiger partial charge on any atom is 0.143 e. The summed E-state index contributed by atoms with van der Waals surface area (Å²) in [4.78, 5) is 7.97. The van der Waals surface area contributed by atoms with Gasteiger partial charge in [-0.25, -0.2) is 9.97 Å². The summed E-state index contributed by atoms with van der Waals surface area (Å²) in [6.07, 6.45) is 6.56. The summed E-state index contributed by atoms with van der Waals surface area (Å²) in [6.45, 7) is 1.55. The maximum absolute atomic E-state index is 4.09. The Morgan fingerprint density at radius 1 is 1.33 bits per heavy atom. The average molecular weight is 269 g/mol. The largest absolute Gasteiger partial charge is 0.367 e. The van der Waals surface area contributed by atoms with Crippen LogP contribution in [0, 0.1) is 0 Å². The van der Waals surface area contributed by atoms with Gasteiger partial charge in [-0.15, -0.1) is 10.2 Å². The first-order chi connectivity index (χ1) is 7.36. The zero-order chi connectivity index (χ0) is 10.5. The minimum Gasteiger partial charge on any atom is -0.367 e. The summed E-state index contributed by atoms with van der Waals surface area (Å²) in [5.74, 6) is 0.790. The van der Waals surface area contributed by atoms with Crippen LogP contribution in [-0.4, -0.2) is 31.3 Å². The lowest BCUT2D eigenvalue weighted by Gasteiger charge is -2.06. The molecular formula is C8H9BrN6. The number of nitrogens with one attached hydrogen (secondary N) is 1. The van der Waals surface area contributed by atoms with Crippen LogP contribution in [0.1, 0.15) is 0 Å². The van der Waals surface area contributed by atoms with E-state index in [1.54, 1.807) is 18.9 Å². The van der Waals surface area contributed by atoms with Crippen molar-refractivity contribution in [3.63, 3.8) is 0 Å². The molecule has 2 aromatic heterocycles. The normalized spacial score (nSPS) is 10.2. The lowest BCUT2D eigenvalue weighted by atomic mass is 10.5. The van der Waals surface area contributed by atoms with Crippen molar-refractivity contribution in [2.45, 2.75) is 6.54 Å². The molecule has 0 aromatic carbocycles. The summed E-state index contributed by atoms with van der Waals surface area (Å²) in [5.41, 5.74) is 0. The van der Waals surface area contributed by atoms with Gasteiger partial charge in [-0.2, -0.15) is 0 Å². The van der Waals surface area contributed by atoms with Crippen molar-refractivity contribution in [3.05, 3.63) is 29.7 Å². The molecule has 15 heavy (non-hydrogen) atoms. The van der Waals surface area contributed by atoms with E-state index in [9.17, 15) is 0 Å². The van der Waals surface area contributed by atoms with Crippen LogP contribution in [0.5, 0.6) is 0 Å². The summed E-state index contributed by atoms with van der Waals surface area (Å²) in [6, 6.07) is 0. The van der Waals surface area contributed by atoms with E-state index in [2.05, 4.69) is 41.4 Å². The van der Waals surface area contributed by atoms with Crippen LogP contribution in [0.25, 0.3) is 0 Å². The summed E-state index contributed by atoms with van der Waals surface area (Å²) in [7, 11) is 0. The second-order valence-electron chi connectivity index (χ2n) is 2.85. The molecular weight excluding hydrogens is 260 g/mol. The fourth-order valence-electron chi connectivity index (χ4n) is 1.08. The highest BCUT2D eigenvalue weighted by atomic mass is 79.9. The van der Waals surface area contributed by atoms with Gasteiger partial charge >= 0.3 is 0 Å². The molecule has 0 spiro atoms. The van der Waals surface area contributed by atoms with E-state index < -0.39 is 0 Å². The van der Waals surface area contributed by atoms with Crippen LogP contribution in [0.15, 0.2) is 29.7 Å². The highest BCUT2D eigenvalue weighted by molar-refractivity contribution is 9.10. The van der Waals surface area contributed by atoms with Crippen molar-refractivity contribution < 1.29 is 0 Å². The molecule has 0 bridgehead atoms. The van der Waals surface area contributed by atoms with Gasteiger partial charge < -0.3 is 9.88 Å². The maximum atomic E-state index is 4.09. The number of hydrogen-bond donors (Lipinski definition) is 1. The van der Waals surface area contributed by atoms with Crippen molar-refractivity contribution >= 4 is 21.7 Å². The van der Waals surface area contributed by atoms with Gasteiger partial charge in [-0.3, -0.25) is 0 Å². The lowest BCUT2D eigenvalue weighted by Crippen LogP contribution is -2.10. The molecule has 0 fully saturated rings. The molecule has 0 saturated heterocycles. The number of rotatable bonds is 4. The summed E-state index contributed by atoms with van der Waals surface area (Å²) < 4.78 is 2.75. The van der Waals surface area contributed by atoms with Gasteiger partial charge in [0, 0.05) is 19.3 Å². The van der Waals surface area contributed by atoms with Crippen molar-refractivity contribution in [3.8, 4) is 0 Å². The van der Waals surface area contributed by atoms with Crippen molar-refractivity contribution in [2.75, 3.05) is 11.9 Å². The first-order valence-electron chi connectivity index (χ1n) is 4.38. The van der Waals surface area contributed by atoms with E-state index in [-0.39, 0.29) is 0 Å². The van der Waals surface area contributed by atoms with E-state index in [1.807, 2.05) is 4.57 Å². The molecule has 0 saturated carbocycles. The van der Waals surface area contributed by atoms with Gasteiger partial charge in [0.25, 0.3) is 0 Å². The van der Waals surface area contributed by atoms with Crippen LogP contribution in [-0.2, 0) is 6.54 Å². The molecule has 0 aliphatic heterocycles. The zero-order valence-corrected chi connectivity index (χ0v) is 9.42. The molecule has 0 unspecified atom stereocenters. The average Bonchev–Trinajstić information content (AvgIpc) is 2.74. The third-order valence-corrected chi connectivity index (χ3v) is 2.38. The monoisotopic (exact) mass is 268 g/mol. The van der Waals surface area contributed by atoms with Crippen LogP contribution < -0.4 is 5.32 Å². The SMILES string of the molecule is Brc1cncnc1NCCn1cnnc1. The Morgan fingerprint density at radius 3 is 2.87 bits per heavy atom. The predicted molar refractivity (Wildman–Crippen MR) is 58.2 cm³/mol. The second-order valence-corrected chi connectivity index (χ2v) is 3.70. The highest BCUT2D eigenvalue weighted by Crippen LogP contribution is 2.16. The quantitative estimate of drug-likeness (QED) is 0.894. The Kier molecular flexibility index (Phi) is 3.23. The van der Waals surface area contributed by atoms with Crippen LogP contribution in [0.2, 0.25) is 0 Å². The second kappa shape index (κ2) is 4.83. The molecule has 0 atom stereocenters. The fraction of sp³-hybridized carbons (Fsp3) is 0.250. The molecule has 0 aliphatic carbocycles. The summed E-state index contributed by atoms with van der Waals surface area (Å²) >= 11 is 3.36. The van der Waals surface area contributed by atoms with Gasteiger partial charge in [0.05, 0.1) is 4.47 Å². The molecule has 1 N–H and O–H groups in total. The standard InChI is InChI=1S/C8H9BrN6/c9-7-3-10-4-12-8(7)11-1-2-15-5-13-14-6-15/h3-6H,1-2H2,(H,10,11,12). The topological polar surface area (TPSA) is 68.5 Å². The molecule has 0 aliphatic rings. The van der Waals surface area contributed by atoms with Gasteiger partial charge in [-0.05, 0) is 15.9 Å². The summed E-state index contributed by atoms with van der Waals surface area (Å²) in [5, 5.41) is 10.6. The lowest BCUT2D eigenvalue weighted by molar-refractivity contribution is 0.722. The molecule has 2 rings (SSSR count). The Morgan fingerprint density at radius 2 is 2.13 bits per heavy atom.